The number of carbonyl (C=O) groups is 2. The smallest absolute Gasteiger partial charge is 0.255 e. The van der Waals surface area contributed by atoms with Crippen molar-refractivity contribution in [3.8, 4) is 0 Å². The fraction of sp³-hybridized carbons (Fsp3) is 0.278. The maximum atomic E-state index is 12.1. The standard InChI is InChI=1S/C18H22N4O2/c1-13(19)2-7-17(23)21-12-14-3-5-15(6-4-14)18(24)22-16-8-10-20-11-9-16/h3-6,8-11,13H,2,7,12,19H2,1H3,(H,21,23)(H,20,22,24). The molecule has 0 spiro atoms. The van der Waals surface area contributed by atoms with Crippen LogP contribution < -0.4 is 16.4 Å². The normalized spacial score (nSPS) is 11.6. The first kappa shape index (κ1) is 17.6. The number of carbonyl (C=O) groups excluding carboxylic acids is 2. The molecule has 0 fully saturated rings. The van der Waals surface area contributed by atoms with Gasteiger partial charge >= 0.3 is 0 Å². The minimum absolute atomic E-state index is 0.0215. The van der Waals surface area contributed by atoms with Gasteiger partial charge in [-0.1, -0.05) is 12.1 Å². The van der Waals surface area contributed by atoms with Crippen molar-refractivity contribution in [3.63, 3.8) is 0 Å². The molecule has 0 radical (unpaired) electrons. The number of hydrogen-bond donors (Lipinski definition) is 3. The molecular formula is C18H22N4O2. The molecule has 1 aromatic carbocycles. The summed E-state index contributed by atoms with van der Waals surface area (Å²) in [5, 5.41) is 5.64. The highest BCUT2D eigenvalue weighted by molar-refractivity contribution is 6.04. The summed E-state index contributed by atoms with van der Waals surface area (Å²) in [6, 6.07) is 10.6. The van der Waals surface area contributed by atoms with E-state index in [2.05, 4.69) is 15.6 Å². The van der Waals surface area contributed by atoms with Gasteiger partial charge in [0.1, 0.15) is 0 Å². The summed E-state index contributed by atoms with van der Waals surface area (Å²) < 4.78 is 0. The molecule has 6 nitrogen and oxygen atoms in total. The summed E-state index contributed by atoms with van der Waals surface area (Å²) in [5.41, 5.74) is 7.81. The van der Waals surface area contributed by atoms with Crippen molar-refractivity contribution in [2.75, 3.05) is 5.32 Å². The third-order valence-corrected chi connectivity index (χ3v) is 3.47. The van der Waals surface area contributed by atoms with Gasteiger partial charge in [0.05, 0.1) is 0 Å². The molecule has 1 heterocycles. The molecule has 6 heteroatoms. The zero-order chi connectivity index (χ0) is 17.4. The van der Waals surface area contributed by atoms with Gasteiger partial charge in [0.25, 0.3) is 5.91 Å². The van der Waals surface area contributed by atoms with Crippen LogP contribution >= 0.6 is 0 Å². The van der Waals surface area contributed by atoms with E-state index in [0.29, 0.717) is 30.6 Å². The third kappa shape index (κ3) is 5.81. The highest BCUT2D eigenvalue weighted by atomic mass is 16.2. The van der Waals surface area contributed by atoms with E-state index in [1.165, 1.54) is 0 Å². The maximum Gasteiger partial charge on any atom is 0.255 e. The van der Waals surface area contributed by atoms with Gasteiger partial charge < -0.3 is 16.4 Å². The van der Waals surface area contributed by atoms with Gasteiger partial charge in [0.2, 0.25) is 5.91 Å². The van der Waals surface area contributed by atoms with E-state index < -0.39 is 0 Å². The largest absolute Gasteiger partial charge is 0.352 e. The van der Waals surface area contributed by atoms with E-state index in [4.69, 9.17) is 5.73 Å². The number of aromatic nitrogens is 1. The predicted molar refractivity (Wildman–Crippen MR) is 93.4 cm³/mol. The average Bonchev–Trinajstić information content (AvgIpc) is 2.59. The molecule has 2 aromatic rings. The fourth-order valence-electron chi connectivity index (χ4n) is 2.06. The molecule has 0 saturated carbocycles. The van der Waals surface area contributed by atoms with Gasteiger partial charge in [-0.25, -0.2) is 0 Å². The summed E-state index contributed by atoms with van der Waals surface area (Å²) in [6.07, 6.45) is 4.32. The number of pyridine rings is 1. The predicted octanol–water partition coefficient (Wildman–Crippen LogP) is 2.08. The monoisotopic (exact) mass is 326 g/mol. The van der Waals surface area contributed by atoms with Crippen LogP contribution in [0.5, 0.6) is 0 Å². The summed E-state index contributed by atoms with van der Waals surface area (Å²) in [4.78, 5) is 27.7. The fourth-order valence-corrected chi connectivity index (χ4v) is 2.06. The van der Waals surface area contributed by atoms with Crippen molar-refractivity contribution in [1.82, 2.24) is 10.3 Å². The number of rotatable bonds is 7. The molecule has 0 saturated heterocycles. The van der Waals surface area contributed by atoms with Crippen LogP contribution in [-0.4, -0.2) is 22.8 Å². The summed E-state index contributed by atoms with van der Waals surface area (Å²) in [7, 11) is 0. The molecule has 0 aliphatic carbocycles. The zero-order valence-electron chi connectivity index (χ0n) is 13.7. The Morgan fingerprint density at radius 3 is 2.42 bits per heavy atom. The van der Waals surface area contributed by atoms with Crippen LogP contribution in [0.3, 0.4) is 0 Å². The SMILES string of the molecule is CC(N)CCC(=O)NCc1ccc(C(=O)Nc2ccncc2)cc1. The first-order valence-corrected chi connectivity index (χ1v) is 7.87. The molecule has 0 aliphatic rings. The van der Waals surface area contributed by atoms with Gasteiger partial charge in [-0.15, -0.1) is 0 Å². The van der Waals surface area contributed by atoms with Crippen LogP contribution in [0.4, 0.5) is 5.69 Å². The van der Waals surface area contributed by atoms with Crippen LogP contribution in [0.25, 0.3) is 0 Å². The maximum absolute atomic E-state index is 12.1. The van der Waals surface area contributed by atoms with Crippen molar-refractivity contribution in [1.29, 1.82) is 0 Å². The van der Waals surface area contributed by atoms with E-state index in [1.807, 2.05) is 19.1 Å². The summed E-state index contributed by atoms with van der Waals surface area (Å²) in [5.74, 6) is -0.208. The minimum atomic E-state index is -0.186. The number of nitrogens with zero attached hydrogens (tertiary/aromatic N) is 1. The average molecular weight is 326 g/mol. The van der Waals surface area contributed by atoms with Crippen LogP contribution in [0.1, 0.15) is 35.7 Å². The molecule has 2 amide bonds. The Labute approximate surface area is 141 Å². The molecule has 0 aliphatic heterocycles. The lowest BCUT2D eigenvalue weighted by Crippen LogP contribution is -2.25. The number of amides is 2. The Hall–Kier alpha value is -2.73. The molecule has 1 atom stereocenters. The lowest BCUT2D eigenvalue weighted by atomic mass is 10.1. The van der Waals surface area contributed by atoms with Gasteiger partial charge in [0, 0.05) is 42.7 Å². The van der Waals surface area contributed by atoms with Crippen molar-refractivity contribution in [2.24, 2.45) is 5.73 Å². The van der Waals surface area contributed by atoms with Crippen molar-refractivity contribution in [3.05, 3.63) is 59.9 Å². The lowest BCUT2D eigenvalue weighted by molar-refractivity contribution is -0.121. The number of nitrogens with one attached hydrogen (secondary N) is 2. The quantitative estimate of drug-likeness (QED) is 0.725. The molecule has 1 unspecified atom stereocenters. The molecule has 2 rings (SSSR count). The second-order valence-corrected chi connectivity index (χ2v) is 5.68. The molecule has 0 bridgehead atoms. The highest BCUT2D eigenvalue weighted by Gasteiger charge is 2.07. The van der Waals surface area contributed by atoms with Crippen LogP contribution in [0.15, 0.2) is 48.8 Å². The summed E-state index contributed by atoms with van der Waals surface area (Å²) in [6.45, 7) is 2.31. The molecule has 4 N–H and O–H groups in total. The van der Waals surface area contributed by atoms with Crippen molar-refractivity contribution < 1.29 is 9.59 Å². The zero-order valence-corrected chi connectivity index (χ0v) is 13.7. The van der Waals surface area contributed by atoms with E-state index >= 15 is 0 Å². The number of hydrogen-bond acceptors (Lipinski definition) is 4. The number of nitrogens with two attached hydrogens (primary N) is 1. The number of anilines is 1. The van der Waals surface area contributed by atoms with Gasteiger partial charge in [-0.05, 0) is 43.2 Å². The second-order valence-electron chi connectivity index (χ2n) is 5.68. The topological polar surface area (TPSA) is 97.1 Å². The molecule has 24 heavy (non-hydrogen) atoms. The first-order valence-electron chi connectivity index (χ1n) is 7.87. The van der Waals surface area contributed by atoms with E-state index in [-0.39, 0.29) is 17.9 Å². The summed E-state index contributed by atoms with van der Waals surface area (Å²) >= 11 is 0. The highest BCUT2D eigenvalue weighted by Crippen LogP contribution is 2.09. The Bertz CT molecular complexity index is 669. The van der Waals surface area contributed by atoms with Gasteiger partial charge in [0.15, 0.2) is 0 Å². The minimum Gasteiger partial charge on any atom is -0.352 e. The number of benzene rings is 1. The van der Waals surface area contributed by atoms with Gasteiger partial charge in [-0.3, -0.25) is 14.6 Å². The van der Waals surface area contributed by atoms with Crippen LogP contribution in [0.2, 0.25) is 0 Å². The van der Waals surface area contributed by atoms with Crippen LogP contribution in [0, 0.1) is 0 Å². The Morgan fingerprint density at radius 1 is 1.12 bits per heavy atom. The molecule has 1 aromatic heterocycles. The van der Waals surface area contributed by atoms with Gasteiger partial charge in [-0.2, -0.15) is 0 Å². The van der Waals surface area contributed by atoms with E-state index in [9.17, 15) is 9.59 Å². The Morgan fingerprint density at radius 2 is 1.79 bits per heavy atom. The molecular weight excluding hydrogens is 304 g/mol. The van der Waals surface area contributed by atoms with E-state index in [0.717, 1.165) is 5.56 Å². The lowest BCUT2D eigenvalue weighted by Gasteiger charge is -2.08. The Balaban J connectivity index is 1.84. The van der Waals surface area contributed by atoms with Crippen molar-refractivity contribution in [2.45, 2.75) is 32.4 Å². The van der Waals surface area contributed by atoms with E-state index in [1.54, 1.807) is 36.7 Å². The third-order valence-electron chi connectivity index (χ3n) is 3.47. The molecule has 126 valence electrons. The Kier molecular flexibility index (Phi) is 6.45. The first-order chi connectivity index (χ1) is 11.5. The van der Waals surface area contributed by atoms with Crippen LogP contribution in [-0.2, 0) is 11.3 Å². The second kappa shape index (κ2) is 8.79. The van der Waals surface area contributed by atoms with Crippen molar-refractivity contribution >= 4 is 17.5 Å².